The number of rotatable bonds is 4. The van der Waals surface area contributed by atoms with Gasteiger partial charge in [-0.05, 0) is 44.0 Å². The van der Waals surface area contributed by atoms with Crippen molar-refractivity contribution in [3.8, 4) is 0 Å². The second kappa shape index (κ2) is 6.92. The van der Waals surface area contributed by atoms with E-state index >= 15 is 0 Å². The van der Waals surface area contributed by atoms with Gasteiger partial charge in [-0.2, -0.15) is 23.1 Å². The standard InChI is InChI=1S/C20H20F3N5/c1-12(2)25-19-26-17-14(7-5-10-24-17)18(27-19)28-11-9-16(28)13-6-3-4-8-15(13)20(21,22)23/h3-8,10,12,16H,9,11H2,1-2H3,(H,24,25,26,27)/t16-/m0/s1. The molecule has 1 aliphatic rings. The monoisotopic (exact) mass is 387 g/mol. The van der Waals surface area contributed by atoms with Crippen LogP contribution in [0.2, 0.25) is 0 Å². The normalized spacial score (nSPS) is 17.1. The van der Waals surface area contributed by atoms with Gasteiger partial charge in [-0.3, -0.25) is 0 Å². The highest BCUT2D eigenvalue weighted by molar-refractivity contribution is 5.88. The summed E-state index contributed by atoms with van der Waals surface area (Å²) in [6.07, 6.45) is -2.12. The number of anilines is 2. The fourth-order valence-corrected chi connectivity index (χ4v) is 3.50. The quantitative estimate of drug-likeness (QED) is 0.696. The molecule has 3 heterocycles. The number of fused-ring (bicyclic) bond motifs is 1. The fourth-order valence-electron chi connectivity index (χ4n) is 3.50. The Balaban J connectivity index is 1.79. The van der Waals surface area contributed by atoms with E-state index in [2.05, 4.69) is 20.3 Å². The summed E-state index contributed by atoms with van der Waals surface area (Å²) in [5.41, 5.74) is 0.197. The molecule has 1 aliphatic heterocycles. The molecule has 3 aromatic rings. The Kier molecular flexibility index (Phi) is 4.56. The Morgan fingerprint density at radius 3 is 2.57 bits per heavy atom. The maximum Gasteiger partial charge on any atom is 0.416 e. The second-order valence-electron chi connectivity index (χ2n) is 7.13. The lowest BCUT2D eigenvalue weighted by atomic mass is 9.90. The van der Waals surface area contributed by atoms with Crippen LogP contribution < -0.4 is 10.2 Å². The first kappa shape index (κ1) is 18.5. The zero-order valence-electron chi connectivity index (χ0n) is 15.5. The first-order valence-electron chi connectivity index (χ1n) is 9.16. The Labute approximate surface area is 160 Å². The third-order valence-corrected chi connectivity index (χ3v) is 4.79. The van der Waals surface area contributed by atoms with Crippen LogP contribution in [0.5, 0.6) is 0 Å². The summed E-state index contributed by atoms with van der Waals surface area (Å²) in [4.78, 5) is 15.3. The van der Waals surface area contributed by atoms with E-state index < -0.39 is 11.7 Å². The average Bonchev–Trinajstić information content (AvgIpc) is 2.60. The highest BCUT2D eigenvalue weighted by atomic mass is 19.4. The number of pyridine rings is 1. The Bertz CT molecular complexity index is 1000. The maximum absolute atomic E-state index is 13.5. The van der Waals surface area contributed by atoms with Crippen LogP contribution in [0.3, 0.4) is 0 Å². The van der Waals surface area contributed by atoms with Crippen molar-refractivity contribution in [1.82, 2.24) is 15.0 Å². The van der Waals surface area contributed by atoms with Crippen molar-refractivity contribution in [2.45, 2.75) is 38.5 Å². The molecule has 0 amide bonds. The number of hydrogen-bond donors (Lipinski definition) is 1. The lowest BCUT2D eigenvalue weighted by Gasteiger charge is -2.43. The summed E-state index contributed by atoms with van der Waals surface area (Å²) in [6.45, 7) is 4.56. The minimum atomic E-state index is -4.39. The van der Waals surface area contributed by atoms with Crippen LogP contribution in [0, 0.1) is 0 Å². The van der Waals surface area contributed by atoms with Gasteiger partial charge in [0.05, 0.1) is 17.0 Å². The van der Waals surface area contributed by atoms with Crippen molar-refractivity contribution < 1.29 is 13.2 Å². The van der Waals surface area contributed by atoms with Gasteiger partial charge < -0.3 is 10.2 Å². The SMILES string of the molecule is CC(C)Nc1nc(N2CC[C@H]2c2ccccc2C(F)(F)F)c2cccnc2n1. The van der Waals surface area contributed by atoms with E-state index in [0.29, 0.717) is 30.4 Å². The topological polar surface area (TPSA) is 53.9 Å². The van der Waals surface area contributed by atoms with Gasteiger partial charge in [0.25, 0.3) is 0 Å². The van der Waals surface area contributed by atoms with Crippen molar-refractivity contribution in [2.24, 2.45) is 0 Å². The van der Waals surface area contributed by atoms with E-state index in [0.717, 1.165) is 11.5 Å². The van der Waals surface area contributed by atoms with Crippen molar-refractivity contribution in [1.29, 1.82) is 0 Å². The second-order valence-corrected chi connectivity index (χ2v) is 7.13. The van der Waals surface area contributed by atoms with Gasteiger partial charge in [-0.15, -0.1) is 0 Å². The summed E-state index contributed by atoms with van der Waals surface area (Å²) in [6, 6.07) is 9.11. The molecule has 0 unspecified atom stereocenters. The molecule has 0 aliphatic carbocycles. The first-order chi connectivity index (χ1) is 13.3. The number of benzene rings is 1. The molecule has 5 nitrogen and oxygen atoms in total. The van der Waals surface area contributed by atoms with Gasteiger partial charge >= 0.3 is 6.18 Å². The zero-order valence-corrected chi connectivity index (χ0v) is 15.5. The van der Waals surface area contributed by atoms with Gasteiger partial charge in [0.15, 0.2) is 5.65 Å². The number of nitrogens with zero attached hydrogens (tertiary/aromatic N) is 4. The molecule has 0 radical (unpaired) electrons. The predicted molar refractivity (Wildman–Crippen MR) is 102 cm³/mol. The Morgan fingerprint density at radius 1 is 1.11 bits per heavy atom. The molecule has 1 N–H and O–H groups in total. The molecule has 28 heavy (non-hydrogen) atoms. The van der Waals surface area contributed by atoms with E-state index in [9.17, 15) is 13.2 Å². The highest BCUT2D eigenvalue weighted by Crippen LogP contribution is 2.44. The van der Waals surface area contributed by atoms with Crippen molar-refractivity contribution >= 4 is 22.8 Å². The van der Waals surface area contributed by atoms with Gasteiger partial charge in [-0.1, -0.05) is 18.2 Å². The molecule has 1 saturated heterocycles. The van der Waals surface area contributed by atoms with Gasteiger partial charge in [0.2, 0.25) is 5.95 Å². The number of hydrogen-bond acceptors (Lipinski definition) is 5. The largest absolute Gasteiger partial charge is 0.416 e. The average molecular weight is 387 g/mol. The molecule has 2 aromatic heterocycles. The number of aromatic nitrogens is 3. The molecule has 4 rings (SSSR count). The predicted octanol–water partition coefficient (Wildman–Crippen LogP) is 4.82. The van der Waals surface area contributed by atoms with E-state index in [-0.39, 0.29) is 17.6 Å². The lowest BCUT2D eigenvalue weighted by molar-refractivity contribution is -0.138. The van der Waals surface area contributed by atoms with Crippen LogP contribution in [-0.4, -0.2) is 27.5 Å². The van der Waals surface area contributed by atoms with Crippen LogP contribution in [0.15, 0.2) is 42.6 Å². The summed E-state index contributed by atoms with van der Waals surface area (Å²) < 4.78 is 40.5. The van der Waals surface area contributed by atoms with Gasteiger partial charge in [-0.25, -0.2) is 4.98 Å². The number of alkyl halides is 3. The molecular formula is C20H20F3N5. The molecule has 0 spiro atoms. The number of halogens is 3. The van der Waals surface area contributed by atoms with Crippen molar-refractivity contribution in [3.05, 3.63) is 53.7 Å². The summed E-state index contributed by atoms with van der Waals surface area (Å²) >= 11 is 0. The highest BCUT2D eigenvalue weighted by Gasteiger charge is 2.40. The van der Waals surface area contributed by atoms with Crippen molar-refractivity contribution in [3.63, 3.8) is 0 Å². The van der Waals surface area contributed by atoms with Crippen molar-refractivity contribution in [2.75, 3.05) is 16.8 Å². The third kappa shape index (κ3) is 3.34. The first-order valence-corrected chi connectivity index (χ1v) is 9.16. The molecule has 1 aromatic carbocycles. The molecule has 146 valence electrons. The Morgan fingerprint density at radius 2 is 1.89 bits per heavy atom. The Hall–Kier alpha value is -2.90. The van der Waals surface area contributed by atoms with Crippen LogP contribution in [0.1, 0.15) is 37.4 Å². The summed E-state index contributed by atoms with van der Waals surface area (Å²) in [5.74, 6) is 1.03. The third-order valence-electron chi connectivity index (χ3n) is 4.79. The molecule has 1 atom stereocenters. The van der Waals surface area contributed by atoms with Gasteiger partial charge in [0, 0.05) is 18.8 Å². The van der Waals surface area contributed by atoms with E-state index in [1.54, 1.807) is 24.4 Å². The maximum atomic E-state index is 13.5. The number of nitrogens with one attached hydrogen (secondary N) is 1. The smallest absolute Gasteiger partial charge is 0.352 e. The molecule has 0 saturated carbocycles. The van der Waals surface area contributed by atoms with Crippen LogP contribution >= 0.6 is 0 Å². The van der Waals surface area contributed by atoms with E-state index in [1.807, 2.05) is 24.8 Å². The lowest BCUT2D eigenvalue weighted by Crippen LogP contribution is -2.42. The van der Waals surface area contributed by atoms with E-state index in [1.165, 1.54) is 6.07 Å². The minimum absolute atomic E-state index is 0.118. The van der Waals surface area contributed by atoms with Gasteiger partial charge in [0.1, 0.15) is 5.82 Å². The molecule has 8 heteroatoms. The van der Waals surface area contributed by atoms with E-state index in [4.69, 9.17) is 0 Å². The molecule has 1 fully saturated rings. The fraction of sp³-hybridized carbons (Fsp3) is 0.350. The molecular weight excluding hydrogens is 367 g/mol. The van der Waals surface area contributed by atoms with Crippen LogP contribution in [-0.2, 0) is 6.18 Å². The van der Waals surface area contributed by atoms with Crippen LogP contribution in [0.4, 0.5) is 24.9 Å². The molecule has 0 bridgehead atoms. The minimum Gasteiger partial charge on any atom is -0.352 e. The van der Waals surface area contributed by atoms with Crippen LogP contribution in [0.25, 0.3) is 11.0 Å². The zero-order chi connectivity index (χ0) is 19.9. The summed E-state index contributed by atoms with van der Waals surface area (Å²) in [5, 5.41) is 3.89. The summed E-state index contributed by atoms with van der Waals surface area (Å²) in [7, 11) is 0.